The van der Waals surface area contributed by atoms with Gasteiger partial charge >= 0.3 is 12.0 Å². The Labute approximate surface area is 263 Å². The summed E-state index contributed by atoms with van der Waals surface area (Å²) in [5.41, 5.74) is 3.92. The number of fused-ring (bicyclic) bond motifs is 1. The maximum Gasteiger partial charge on any atom is 0.323 e. The largest absolute Gasteiger partial charge is 0.467 e. The van der Waals surface area contributed by atoms with Crippen molar-refractivity contribution in [3.63, 3.8) is 0 Å². The lowest BCUT2D eigenvalue weighted by Crippen LogP contribution is -2.37. The van der Waals surface area contributed by atoms with Crippen molar-refractivity contribution in [2.24, 2.45) is 0 Å². The summed E-state index contributed by atoms with van der Waals surface area (Å²) in [6.07, 6.45) is 4.99. The van der Waals surface area contributed by atoms with E-state index in [9.17, 15) is 9.59 Å². The van der Waals surface area contributed by atoms with Gasteiger partial charge in [-0.1, -0.05) is 0 Å². The normalized spacial score (nSPS) is 12.9. The Morgan fingerprint density at radius 2 is 1.61 bits per heavy atom. The number of methoxy groups -OCH3 is 1. The highest BCUT2D eigenvalue weighted by Gasteiger charge is 2.21. The van der Waals surface area contributed by atoms with Crippen LogP contribution in [0.2, 0.25) is 0 Å². The van der Waals surface area contributed by atoms with Gasteiger partial charge in [0.05, 0.1) is 31.5 Å². The van der Waals surface area contributed by atoms with Crippen LogP contribution in [0.3, 0.4) is 0 Å². The third kappa shape index (κ3) is 6.51. The summed E-state index contributed by atoms with van der Waals surface area (Å²) in [6.45, 7) is 2.31. The van der Waals surface area contributed by atoms with E-state index in [4.69, 9.17) is 19.4 Å². The topological polar surface area (TPSA) is 148 Å². The summed E-state index contributed by atoms with van der Waals surface area (Å²) in [4.78, 5) is 50.9. The second kappa shape index (κ2) is 13.1. The number of ether oxygens (including phenoxy) is 2. The molecule has 13 nitrogen and oxygen atoms in total. The van der Waals surface area contributed by atoms with E-state index in [0.29, 0.717) is 65.8 Å². The molecule has 14 heteroatoms. The Morgan fingerprint density at radius 3 is 2.28 bits per heavy atom. The number of aromatic nitrogens is 5. The molecule has 0 aliphatic carbocycles. The predicted molar refractivity (Wildman–Crippen MR) is 170 cm³/mol. The summed E-state index contributed by atoms with van der Waals surface area (Å²) < 4.78 is 26.0. The van der Waals surface area contributed by atoms with Gasteiger partial charge < -0.3 is 29.9 Å². The van der Waals surface area contributed by atoms with Crippen LogP contribution in [0.4, 0.5) is 26.4 Å². The van der Waals surface area contributed by atoms with Crippen molar-refractivity contribution in [3.05, 3.63) is 78.5 Å². The number of hydrogen-bond acceptors (Lipinski definition) is 10. The highest BCUT2D eigenvalue weighted by Crippen LogP contribution is 2.31. The molecule has 5 aromatic rings. The molecule has 1 aliphatic rings. The Bertz CT molecular complexity index is 1900. The fraction of sp³-hybridized carbons (Fsp3) is 0.219. The molecule has 2 N–H and O–H groups in total. The third-order valence-corrected chi connectivity index (χ3v) is 7.24. The number of carbonyl (C=O) groups is 2. The molecule has 0 saturated carbocycles. The van der Waals surface area contributed by atoms with Gasteiger partial charge in [0.25, 0.3) is 5.91 Å². The molecule has 0 radical (unpaired) electrons. The quantitative estimate of drug-likeness (QED) is 0.266. The third-order valence-electron chi connectivity index (χ3n) is 7.24. The fourth-order valence-corrected chi connectivity index (χ4v) is 4.85. The first-order chi connectivity index (χ1) is 22.3. The molecular weight excluding hydrogens is 593 g/mol. The van der Waals surface area contributed by atoms with Crippen LogP contribution in [0.25, 0.3) is 33.5 Å². The number of hydrogen-bond donors (Lipinski definition) is 2. The van der Waals surface area contributed by atoms with Crippen LogP contribution in [0.15, 0.2) is 67.1 Å². The van der Waals surface area contributed by atoms with Crippen LogP contribution in [-0.4, -0.2) is 89.3 Å². The summed E-state index contributed by atoms with van der Waals surface area (Å²) in [6, 6.07) is 12.2. The number of halogens is 1. The maximum atomic E-state index is 15.4. The number of rotatable bonds is 7. The van der Waals surface area contributed by atoms with E-state index in [0.717, 1.165) is 11.1 Å². The molecule has 1 saturated heterocycles. The minimum absolute atomic E-state index is 0.0293. The average Bonchev–Trinajstić information content (AvgIpc) is 3.08. The Kier molecular flexibility index (Phi) is 8.61. The zero-order valence-corrected chi connectivity index (χ0v) is 25.3. The van der Waals surface area contributed by atoms with Crippen LogP contribution in [0.5, 0.6) is 6.01 Å². The highest BCUT2D eigenvalue weighted by atomic mass is 19.1. The van der Waals surface area contributed by atoms with Crippen LogP contribution >= 0.6 is 0 Å². The Hall–Kier alpha value is -5.76. The lowest BCUT2D eigenvalue weighted by molar-refractivity contribution is 0.0827. The van der Waals surface area contributed by atoms with Crippen molar-refractivity contribution in [2.45, 2.75) is 0 Å². The van der Waals surface area contributed by atoms with E-state index in [-0.39, 0.29) is 17.6 Å². The van der Waals surface area contributed by atoms with Gasteiger partial charge in [0, 0.05) is 73.7 Å². The van der Waals surface area contributed by atoms with Gasteiger partial charge in [-0.25, -0.2) is 29.1 Å². The van der Waals surface area contributed by atoms with E-state index in [1.54, 1.807) is 63.0 Å². The molecule has 0 spiro atoms. The van der Waals surface area contributed by atoms with Gasteiger partial charge in [0.15, 0.2) is 11.6 Å². The standard InChI is InChI=1S/C32H30FN9O4/c1-41(2)30(43)19-4-7-23(8-5-19)37-31(44)39-25-9-6-20(14-24(25)33)28-38-26-15-21(22-17-35-32(45-3)36-18-22)16-34-27(26)29(40-28)42-10-12-46-13-11-42/h4-9,14-18H,10-13H2,1-3H3,(H2,37,39,44). The average molecular weight is 624 g/mol. The first-order valence-corrected chi connectivity index (χ1v) is 14.4. The molecule has 4 heterocycles. The molecule has 3 amide bonds. The van der Waals surface area contributed by atoms with Gasteiger partial charge in [-0.2, -0.15) is 0 Å². The van der Waals surface area contributed by atoms with Gasteiger partial charge in [-0.15, -0.1) is 0 Å². The van der Waals surface area contributed by atoms with E-state index < -0.39 is 11.8 Å². The summed E-state index contributed by atoms with van der Waals surface area (Å²) in [7, 11) is 4.81. The summed E-state index contributed by atoms with van der Waals surface area (Å²) in [5.74, 6) is 0.0786. The SMILES string of the molecule is COc1ncc(-c2cnc3c(N4CCOCC4)nc(-c4ccc(NC(=O)Nc5ccc(C(=O)N(C)C)cc5)c(F)c4)nc3c2)cn1. The number of carbonyl (C=O) groups excluding carboxylic acids is 2. The minimum Gasteiger partial charge on any atom is -0.467 e. The van der Waals surface area contributed by atoms with E-state index in [1.165, 1.54) is 24.1 Å². The van der Waals surface area contributed by atoms with E-state index >= 15 is 4.39 Å². The molecule has 0 unspecified atom stereocenters. The number of benzene rings is 2. The number of morpholine rings is 1. The molecule has 46 heavy (non-hydrogen) atoms. The number of nitrogens with one attached hydrogen (secondary N) is 2. The van der Waals surface area contributed by atoms with Crippen LogP contribution < -0.4 is 20.3 Å². The van der Waals surface area contributed by atoms with E-state index in [1.807, 2.05) is 6.07 Å². The van der Waals surface area contributed by atoms with Crippen molar-refractivity contribution in [1.82, 2.24) is 29.8 Å². The molecule has 0 bridgehead atoms. The molecule has 234 valence electrons. The zero-order valence-electron chi connectivity index (χ0n) is 25.3. The molecule has 1 fully saturated rings. The first kappa shape index (κ1) is 30.3. The predicted octanol–water partition coefficient (Wildman–Crippen LogP) is 4.48. The van der Waals surface area contributed by atoms with Gasteiger partial charge in [-0.05, 0) is 48.5 Å². The van der Waals surface area contributed by atoms with Crippen LogP contribution in [0, 0.1) is 5.82 Å². The molecule has 2 aromatic carbocycles. The Balaban J connectivity index is 1.27. The molecule has 6 rings (SSSR count). The number of amides is 3. The highest BCUT2D eigenvalue weighted by molar-refractivity contribution is 6.00. The monoisotopic (exact) mass is 623 g/mol. The van der Waals surface area contributed by atoms with Crippen molar-refractivity contribution in [2.75, 3.05) is 63.0 Å². The fourth-order valence-electron chi connectivity index (χ4n) is 4.85. The minimum atomic E-state index is -0.668. The van der Waals surface area contributed by atoms with Crippen molar-refractivity contribution in [1.29, 1.82) is 0 Å². The van der Waals surface area contributed by atoms with Gasteiger partial charge in [0.1, 0.15) is 11.3 Å². The smallest absolute Gasteiger partial charge is 0.323 e. The second-order valence-corrected chi connectivity index (χ2v) is 10.6. The molecule has 3 aromatic heterocycles. The number of urea groups is 1. The molecular formula is C32H30FN9O4. The maximum absolute atomic E-state index is 15.4. The number of nitrogens with zero attached hydrogens (tertiary/aromatic N) is 7. The number of pyridine rings is 1. The van der Waals surface area contributed by atoms with Gasteiger partial charge in [-0.3, -0.25) is 9.78 Å². The molecule has 0 atom stereocenters. The zero-order chi connectivity index (χ0) is 32.2. The van der Waals surface area contributed by atoms with Crippen LogP contribution in [0.1, 0.15) is 10.4 Å². The molecule has 1 aliphatic heterocycles. The van der Waals surface area contributed by atoms with Crippen LogP contribution in [-0.2, 0) is 4.74 Å². The second-order valence-electron chi connectivity index (χ2n) is 10.6. The Morgan fingerprint density at radius 1 is 0.891 bits per heavy atom. The van der Waals surface area contributed by atoms with Crippen molar-refractivity contribution >= 4 is 40.2 Å². The number of anilines is 3. The van der Waals surface area contributed by atoms with Gasteiger partial charge in [0.2, 0.25) is 0 Å². The summed E-state index contributed by atoms with van der Waals surface area (Å²) >= 11 is 0. The van der Waals surface area contributed by atoms with Crippen molar-refractivity contribution < 1.29 is 23.5 Å². The van der Waals surface area contributed by atoms with Crippen molar-refractivity contribution in [3.8, 4) is 28.5 Å². The lowest BCUT2D eigenvalue weighted by Gasteiger charge is -2.28. The van der Waals surface area contributed by atoms with E-state index in [2.05, 4.69) is 30.5 Å². The first-order valence-electron chi connectivity index (χ1n) is 14.4. The summed E-state index contributed by atoms with van der Waals surface area (Å²) in [5, 5.41) is 5.17. The lowest BCUT2D eigenvalue weighted by atomic mass is 10.1.